The van der Waals surface area contributed by atoms with Crippen LogP contribution in [-0.4, -0.2) is 36.9 Å². The van der Waals surface area contributed by atoms with E-state index in [0.29, 0.717) is 17.7 Å². The Hall–Kier alpha value is -0.980. The molecule has 1 fully saturated rings. The average molecular weight is 346 g/mol. The molecule has 0 saturated carbocycles. The van der Waals surface area contributed by atoms with E-state index in [1.165, 1.54) is 18.2 Å². The van der Waals surface area contributed by atoms with E-state index in [0.717, 1.165) is 12.8 Å². The molecule has 0 spiro atoms. The highest BCUT2D eigenvalue weighted by Crippen LogP contribution is 2.19. The summed E-state index contributed by atoms with van der Waals surface area (Å²) in [7, 11) is 0. The Morgan fingerprint density at radius 2 is 2.20 bits per heavy atom. The van der Waals surface area contributed by atoms with Crippen molar-refractivity contribution in [2.45, 2.75) is 18.9 Å². The third-order valence-electron chi connectivity index (χ3n) is 3.45. The van der Waals surface area contributed by atoms with Gasteiger partial charge in [-0.2, -0.15) is 0 Å². The van der Waals surface area contributed by atoms with Gasteiger partial charge in [0, 0.05) is 24.2 Å². The van der Waals surface area contributed by atoms with Crippen LogP contribution < -0.4 is 5.32 Å². The largest absolute Gasteiger partial charge is 0.391 e. The summed E-state index contributed by atoms with van der Waals surface area (Å²) in [5.74, 6) is -0.974. The molecule has 1 atom stereocenters. The fourth-order valence-electron chi connectivity index (χ4n) is 2.23. The van der Waals surface area contributed by atoms with Crippen molar-refractivity contribution in [2.24, 2.45) is 5.92 Å². The number of amides is 1. The molecule has 110 valence electrons. The first-order valence-electron chi connectivity index (χ1n) is 6.57. The van der Waals surface area contributed by atoms with Crippen LogP contribution in [0.4, 0.5) is 4.39 Å². The number of rotatable bonds is 4. The van der Waals surface area contributed by atoms with Gasteiger partial charge in [-0.05, 0) is 37.0 Å². The van der Waals surface area contributed by atoms with Crippen molar-refractivity contribution >= 4 is 21.8 Å². The van der Waals surface area contributed by atoms with Crippen LogP contribution in [0.15, 0.2) is 22.7 Å². The highest BCUT2D eigenvalue weighted by atomic mass is 79.9. The molecule has 0 aliphatic carbocycles. The summed E-state index contributed by atoms with van der Waals surface area (Å²) in [5, 5.41) is 12.6. The van der Waals surface area contributed by atoms with E-state index in [9.17, 15) is 14.3 Å². The fourth-order valence-corrected chi connectivity index (χ4v) is 2.59. The number of aliphatic hydroxyl groups is 1. The maximum absolute atomic E-state index is 13.5. The number of aliphatic hydroxyl groups excluding tert-OH is 1. The zero-order valence-corrected chi connectivity index (χ0v) is 12.5. The number of nitrogens with one attached hydrogen (secondary N) is 1. The van der Waals surface area contributed by atoms with Crippen LogP contribution in [-0.2, 0) is 4.74 Å². The number of halogens is 2. The molecule has 0 aromatic heterocycles. The molecule has 1 heterocycles. The first-order valence-corrected chi connectivity index (χ1v) is 7.36. The van der Waals surface area contributed by atoms with E-state index in [-0.39, 0.29) is 18.0 Å². The molecule has 1 amide bonds. The zero-order valence-electron chi connectivity index (χ0n) is 10.9. The number of benzene rings is 1. The first-order chi connectivity index (χ1) is 9.58. The number of hydrogen-bond donors (Lipinski definition) is 2. The minimum Gasteiger partial charge on any atom is -0.391 e. The second-order valence-corrected chi connectivity index (χ2v) is 5.77. The molecule has 0 radical (unpaired) electrons. The number of hydrogen-bond acceptors (Lipinski definition) is 3. The van der Waals surface area contributed by atoms with Crippen LogP contribution in [0.1, 0.15) is 23.2 Å². The van der Waals surface area contributed by atoms with Gasteiger partial charge in [0.25, 0.3) is 5.91 Å². The fraction of sp³-hybridized carbons (Fsp3) is 0.500. The molecule has 1 aliphatic rings. The van der Waals surface area contributed by atoms with Gasteiger partial charge >= 0.3 is 0 Å². The average Bonchev–Trinajstić information content (AvgIpc) is 2.47. The zero-order chi connectivity index (χ0) is 14.5. The number of carbonyl (C=O) groups is 1. The molecule has 6 heteroatoms. The van der Waals surface area contributed by atoms with Crippen LogP contribution in [0.2, 0.25) is 0 Å². The quantitative estimate of drug-likeness (QED) is 0.878. The van der Waals surface area contributed by atoms with Crippen LogP contribution in [0.5, 0.6) is 0 Å². The van der Waals surface area contributed by atoms with E-state index in [1.807, 2.05) is 0 Å². The summed E-state index contributed by atoms with van der Waals surface area (Å²) in [6, 6.07) is 4.18. The standard InChI is InChI=1S/C14H17BrFNO3/c15-10-1-2-12(16)11(7-10)14(19)17-8-13(18)9-3-5-20-6-4-9/h1-2,7,9,13,18H,3-6,8H2,(H,17,19). The second kappa shape index (κ2) is 7.15. The van der Waals surface area contributed by atoms with E-state index in [2.05, 4.69) is 21.2 Å². The second-order valence-electron chi connectivity index (χ2n) is 4.85. The number of ether oxygens (including phenoxy) is 1. The van der Waals surface area contributed by atoms with Crippen molar-refractivity contribution in [2.75, 3.05) is 19.8 Å². The van der Waals surface area contributed by atoms with Crippen LogP contribution in [0, 0.1) is 11.7 Å². The smallest absolute Gasteiger partial charge is 0.254 e. The lowest BCUT2D eigenvalue weighted by Crippen LogP contribution is -2.38. The summed E-state index contributed by atoms with van der Waals surface area (Å²) >= 11 is 3.20. The molecule has 1 unspecified atom stereocenters. The Morgan fingerprint density at radius 3 is 2.90 bits per heavy atom. The van der Waals surface area contributed by atoms with Gasteiger partial charge in [-0.3, -0.25) is 4.79 Å². The van der Waals surface area contributed by atoms with E-state index in [1.54, 1.807) is 0 Å². The van der Waals surface area contributed by atoms with Crippen LogP contribution in [0.25, 0.3) is 0 Å². The maximum atomic E-state index is 13.5. The van der Waals surface area contributed by atoms with Crippen molar-refractivity contribution in [3.63, 3.8) is 0 Å². The lowest BCUT2D eigenvalue weighted by molar-refractivity contribution is 0.00871. The van der Waals surface area contributed by atoms with Gasteiger partial charge in [-0.25, -0.2) is 4.39 Å². The Labute approximate surface area is 125 Å². The Morgan fingerprint density at radius 1 is 1.50 bits per heavy atom. The molecule has 2 rings (SSSR count). The summed E-state index contributed by atoms with van der Waals surface area (Å²) < 4.78 is 19.4. The third-order valence-corrected chi connectivity index (χ3v) is 3.95. The SMILES string of the molecule is O=C(NCC(O)C1CCOCC1)c1cc(Br)ccc1F. The highest BCUT2D eigenvalue weighted by Gasteiger charge is 2.23. The summed E-state index contributed by atoms with van der Waals surface area (Å²) in [4.78, 5) is 11.9. The molecular weight excluding hydrogens is 329 g/mol. The van der Waals surface area contributed by atoms with Crippen LogP contribution >= 0.6 is 15.9 Å². The molecule has 0 bridgehead atoms. The minimum absolute atomic E-state index is 0.0291. The van der Waals surface area contributed by atoms with E-state index < -0.39 is 17.8 Å². The monoisotopic (exact) mass is 345 g/mol. The molecule has 20 heavy (non-hydrogen) atoms. The van der Waals surface area contributed by atoms with Crippen molar-refractivity contribution < 1.29 is 19.0 Å². The molecule has 1 aliphatic heterocycles. The first kappa shape index (κ1) is 15.4. The van der Waals surface area contributed by atoms with Gasteiger partial charge < -0.3 is 15.2 Å². The molecule has 1 aromatic carbocycles. The molecule has 1 aromatic rings. The lowest BCUT2D eigenvalue weighted by Gasteiger charge is -2.26. The topological polar surface area (TPSA) is 58.6 Å². The lowest BCUT2D eigenvalue weighted by atomic mass is 9.94. The maximum Gasteiger partial charge on any atom is 0.254 e. The van der Waals surface area contributed by atoms with Gasteiger partial charge in [0.15, 0.2) is 0 Å². The predicted molar refractivity (Wildman–Crippen MR) is 76.0 cm³/mol. The highest BCUT2D eigenvalue weighted by molar-refractivity contribution is 9.10. The summed E-state index contributed by atoms with van der Waals surface area (Å²) in [6.07, 6.45) is 0.933. The van der Waals surface area contributed by atoms with Gasteiger partial charge in [-0.15, -0.1) is 0 Å². The van der Waals surface area contributed by atoms with Crippen molar-refractivity contribution in [3.05, 3.63) is 34.1 Å². The van der Waals surface area contributed by atoms with Crippen molar-refractivity contribution in [3.8, 4) is 0 Å². The molecule has 4 nitrogen and oxygen atoms in total. The number of carbonyl (C=O) groups excluding carboxylic acids is 1. The van der Waals surface area contributed by atoms with Gasteiger partial charge in [0.05, 0.1) is 11.7 Å². The molecule has 1 saturated heterocycles. The van der Waals surface area contributed by atoms with Gasteiger partial charge in [0.2, 0.25) is 0 Å². The van der Waals surface area contributed by atoms with Gasteiger partial charge in [-0.1, -0.05) is 15.9 Å². The van der Waals surface area contributed by atoms with Crippen LogP contribution in [0.3, 0.4) is 0 Å². The Balaban J connectivity index is 1.89. The van der Waals surface area contributed by atoms with E-state index >= 15 is 0 Å². The third kappa shape index (κ3) is 4.01. The van der Waals surface area contributed by atoms with Crippen molar-refractivity contribution in [1.29, 1.82) is 0 Å². The van der Waals surface area contributed by atoms with Crippen molar-refractivity contribution in [1.82, 2.24) is 5.32 Å². The Kier molecular flexibility index (Phi) is 5.51. The minimum atomic E-state index is -0.627. The normalized spacial score (nSPS) is 17.8. The van der Waals surface area contributed by atoms with E-state index in [4.69, 9.17) is 4.74 Å². The predicted octanol–water partition coefficient (Wildman–Crippen LogP) is 2.11. The van der Waals surface area contributed by atoms with Gasteiger partial charge in [0.1, 0.15) is 5.82 Å². The molecule has 2 N–H and O–H groups in total. The molecular formula is C14H17BrFNO3. The Bertz CT molecular complexity index is 477. The summed E-state index contributed by atoms with van der Waals surface area (Å²) in [6.45, 7) is 1.39. The summed E-state index contributed by atoms with van der Waals surface area (Å²) in [5.41, 5.74) is -0.0291.